The number of carbonyl (C=O) groups is 5. The second-order valence-electron chi connectivity index (χ2n) is 7.97. The molecule has 0 saturated heterocycles. The molecular weight excluding hydrogens is 494 g/mol. The molecule has 1 rings (SSSR count). The molecule has 0 aliphatic carbocycles. The Balaban J connectivity index is 3.00. The molecule has 206 valence electrons. The minimum Gasteiger partial charge on any atom is -0.481 e. The Labute approximate surface area is 211 Å². The summed E-state index contributed by atoms with van der Waals surface area (Å²) in [4.78, 5) is 70.8. The van der Waals surface area contributed by atoms with E-state index in [2.05, 4.69) is 25.6 Å². The summed E-state index contributed by atoms with van der Waals surface area (Å²) in [5.41, 5.74) is 17.1. The molecule has 0 fully saturated rings. The number of hydrogen-bond acceptors (Lipinski definition) is 9. The molecule has 0 aromatic carbocycles. The van der Waals surface area contributed by atoms with Gasteiger partial charge < -0.3 is 53.5 Å². The van der Waals surface area contributed by atoms with Gasteiger partial charge in [0.2, 0.25) is 17.7 Å². The summed E-state index contributed by atoms with van der Waals surface area (Å²) in [7, 11) is 0. The number of aliphatic imine (C=N–C) groups is 1. The number of imidazole rings is 1. The number of rotatable bonds is 17. The number of nitrogens with zero attached hydrogens (tertiary/aromatic N) is 2. The number of hydrogen-bond donors (Lipinski definition) is 10. The zero-order valence-corrected chi connectivity index (χ0v) is 19.9. The first-order valence-corrected chi connectivity index (χ1v) is 11.2. The summed E-state index contributed by atoms with van der Waals surface area (Å²) in [5.74, 6) is -5.54. The first-order chi connectivity index (χ1) is 17.4. The Morgan fingerprint density at radius 3 is 2.08 bits per heavy atom. The van der Waals surface area contributed by atoms with Crippen LogP contribution in [0.3, 0.4) is 0 Å². The molecule has 4 atom stereocenters. The third kappa shape index (κ3) is 11.8. The van der Waals surface area contributed by atoms with E-state index in [4.69, 9.17) is 32.5 Å². The predicted octanol–water partition coefficient (Wildman–Crippen LogP) is -4.27. The van der Waals surface area contributed by atoms with Crippen LogP contribution in [0.5, 0.6) is 0 Å². The van der Waals surface area contributed by atoms with Crippen LogP contribution in [0, 0.1) is 0 Å². The van der Waals surface area contributed by atoms with Crippen LogP contribution >= 0.6 is 0 Å². The fourth-order valence-electron chi connectivity index (χ4n) is 3.04. The number of aliphatic hydroxyl groups excluding tert-OH is 1. The molecule has 37 heavy (non-hydrogen) atoms. The van der Waals surface area contributed by atoms with Crippen LogP contribution in [0.25, 0.3) is 0 Å². The number of H-pyrrole nitrogens is 1. The minimum absolute atomic E-state index is 0.0206. The molecule has 0 spiro atoms. The van der Waals surface area contributed by atoms with Crippen LogP contribution in [0.15, 0.2) is 17.5 Å². The molecule has 0 aliphatic heterocycles. The standard InChI is InChI=1S/C20H33N9O8/c21-11(6-10-7-24-9-26-10)16(33)27-12(2-1-5-25-20(22)23)17(34)28-13(3-4-15(31)32)18(35)29-14(8-30)19(36)37/h7,9,11-14,30H,1-6,8,21H2,(H,24,26)(H,27,33)(H,28,34)(H,29,35)(H,31,32)(H,36,37)(H4,22,23,25). The highest BCUT2D eigenvalue weighted by Crippen LogP contribution is 2.05. The summed E-state index contributed by atoms with van der Waals surface area (Å²) in [5, 5.41) is 34.0. The van der Waals surface area contributed by atoms with Gasteiger partial charge in [0.05, 0.1) is 19.0 Å². The van der Waals surface area contributed by atoms with Crippen molar-refractivity contribution >= 4 is 35.6 Å². The monoisotopic (exact) mass is 527 g/mol. The number of carboxylic acids is 2. The van der Waals surface area contributed by atoms with Crippen molar-refractivity contribution < 1.29 is 39.3 Å². The van der Waals surface area contributed by atoms with Gasteiger partial charge in [0, 0.05) is 31.3 Å². The van der Waals surface area contributed by atoms with Crippen molar-refractivity contribution in [2.75, 3.05) is 13.2 Å². The van der Waals surface area contributed by atoms with Crippen molar-refractivity contribution in [2.45, 2.75) is 56.3 Å². The maximum Gasteiger partial charge on any atom is 0.328 e. The topological polar surface area (TPSA) is 301 Å². The molecule has 4 unspecified atom stereocenters. The van der Waals surface area contributed by atoms with E-state index in [1.54, 1.807) is 0 Å². The highest BCUT2D eigenvalue weighted by atomic mass is 16.4. The summed E-state index contributed by atoms with van der Waals surface area (Å²) in [6.45, 7) is -0.805. The SMILES string of the molecule is NC(N)=NCCCC(NC(=O)C(N)Cc1cnc[nH]1)C(=O)NC(CCC(=O)O)C(=O)NC(CO)C(=O)O. The van der Waals surface area contributed by atoms with Crippen molar-refractivity contribution in [1.82, 2.24) is 25.9 Å². The summed E-state index contributed by atoms with van der Waals surface area (Å²) >= 11 is 0. The van der Waals surface area contributed by atoms with E-state index in [0.717, 1.165) is 0 Å². The van der Waals surface area contributed by atoms with Crippen LogP contribution in [0.2, 0.25) is 0 Å². The molecule has 0 radical (unpaired) electrons. The number of aromatic nitrogens is 2. The van der Waals surface area contributed by atoms with Crippen LogP contribution in [0.4, 0.5) is 0 Å². The number of nitrogens with one attached hydrogen (secondary N) is 4. The molecule has 17 heteroatoms. The number of nitrogens with two attached hydrogens (primary N) is 3. The van der Waals surface area contributed by atoms with E-state index in [9.17, 15) is 24.0 Å². The lowest BCUT2D eigenvalue weighted by Crippen LogP contribution is -2.57. The number of aromatic amines is 1. The maximum atomic E-state index is 13.0. The average Bonchev–Trinajstić information content (AvgIpc) is 3.33. The normalized spacial score (nSPS) is 13.9. The van der Waals surface area contributed by atoms with Gasteiger partial charge in [0.25, 0.3) is 0 Å². The molecule has 17 nitrogen and oxygen atoms in total. The molecule has 1 heterocycles. The van der Waals surface area contributed by atoms with Gasteiger partial charge in [-0.2, -0.15) is 0 Å². The molecule has 0 saturated carbocycles. The largest absolute Gasteiger partial charge is 0.481 e. The molecule has 3 amide bonds. The molecule has 1 aromatic rings. The van der Waals surface area contributed by atoms with E-state index in [-0.39, 0.29) is 31.8 Å². The van der Waals surface area contributed by atoms with Gasteiger partial charge in [-0.3, -0.25) is 24.2 Å². The molecule has 1 aromatic heterocycles. The molecular formula is C20H33N9O8. The lowest BCUT2D eigenvalue weighted by molar-refractivity contribution is -0.144. The van der Waals surface area contributed by atoms with Crippen molar-refractivity contribution in [1.29, 1.82) is 0 Å². The Morgan fingerprint density at radius 2 is 1.57 bits per heavy atom. The molecule has 0 bridgehead atoms. The van der Waals surface area contributed by atoms with E-state index in [1.807, 2.05) is 5.32 Å². The third-order valence-corrected chi connectivity index (χ3v) is 4.99. The maximum absolute atomic E-state index is 13.0. The Kier molecular flexibility index (Phi) is 13.0. The fraction of sp³-hybridized carbons (Fsp3) is 0.550. The van der Waals surface area contributed by atoms with Crippen LogP contribution in [0.1, 0.15) is 31.4 Å². The second kappa shape index (κ2) is 15.7. The molecule has 0 aliphatic rings. The van der Waals surface area contributed by atoms with Gasteiger partial charge in [-0.05, 0) is 19.3 Å². The smallest absolute Gasteiger partial charge is 0.328 e. The number of amides is 3. The lowest BCUT2D eigenvalue weighted by atomic mass is 10.1. The number of aliphatic hydroxyl groups is 1. The fourth-order valence-corrected chi connectivity index (χ4v) is 3.04. The predicted molar refractivity (Wildman–Crippen MR) is 128 cm³/mol. The van der Waals surface area contributed by atoms with E-state index < -0.39 is 73.3 Å². The first-order valence-electron chi connectivity index (χ1n) is 11.2. The molecule has 13 N–H and O–H groups in total. The van der Waals surface area contributed by atoms with Crippen molar-refractivity contribution in [3.63, 3.8) is 0 Å². The zero-order chi connectivity index (χ0) is 28.0. The third-order valence-electron chi connectivity index (χ3n) is 4.99. The van der Waals surface area contributed by atoms with Gasteiger partial charge in [-0.1, -0.05) is 0 Å². The highest BCUT2D eigenvalue weighted by Gasteiger charge is 2.30. The zero-order valence-electron chi connectivity index (χ0n) is 19.9. The van der Waals surface area contributed by atoms with Crippen LogP contribution < -0.4 is 33.2 Å². The van der Waals surface area contributed by atoms with E-state index in [0.29, 0.717) is 5.69 Å². The Morgan fingerprint density at radius 1 is 0.973 bits per heavy atom. The van der Waals surface area contributed by atoms with Gasteiger partial charge in [0.1, 0.15) is 18.1 Å². The Bertz CT molecular complexity index is 950. The number of carbonyl (C=O) groups excluding carboxylic acids is 3. The Hall–Kier alpha value is -4.25. The van der Waals surface area contributed by atoms with E-state index >= 15 is 0 Å². The number of carboxylic acid groups (broad SMARTS) is 2. The van der Waals surface area contributed by atoms with Gasteiger partial charge >= 0.3 is 11.9 Å². The lowest BCUT2D eigenvalue weighted by Gasteiger charge is -2.24. The van der Waals surface area contributed by atoms with Crippen LogP contribution in [-0.4, -0.2) is 98.2 Å². The number of guanidine groups is 1. The van der Waals surface area contributed by atoms with Crippen molar-refractivity contribution in [3.8, 4) is 0 Å². The quantitative estimate of drug-likeness (QED) is 0.0523. The highest BCUT2D eigenvalue weighted by molar-refractivity contribution is 5.94. The van der Waals surface area contributed by atoms with E-state index in [1.165, 1.54) is 12.5 Å². The average molecular weight is 528 g/mol. The van der Waals surface area contributed by atoms with Crippen molar-refractivity contribution in [3.05, 3.63) is 18.2 Å². The first kappa shape index (κ1) is 30.8. The summed E-state index contributed by atoms with van der Waals surface area (Å²) in [6, 6.07) is -5.43. The minimum atomic E-state index is -1.67. The summed E-state index contributed by atoms with van der Waals surface area (Å²) in [6.07, 6.45) is 2.32. The van der Waals surface area contributed by atoms with Gasteiger partial charge in [-0.15, -0.1) is 0 Å². The van der Waals surface area contributed by atoms with Crippen LogP contribution in [-0.2, 0) is 30.4 Å². The van der Waals surface area contributed by atoms with Gasteiger partial charge in [-0.25, -0.2) is 9.78 Å². The van der Waals surface area contributed by atoms with Crippen molar-refractivity contribution in [2.24, 2.45) is 22.2 Å². The second-order valence-corrected chi connectivity index (χ2v) is 7.97. The number of aliphatic carboxylic acids is 2. The van der Waals surface area contributed by atoms with Gasteiger partial charge in [0.15, 0.2) is 5.96 Å². The summed E-state index contributed by atoms with van der Waals surface area (Å²) < 4.78 is 0.